The highest BCUT2D eigenvalue weighted by molar-refractivity contribution is 5.70. The van der Waals surface area contributed by atoms with E-state index < -0.39 is 0 Å². The van der Waals surface area contributed by atoms with Gasteiger partial charge in [0.15, 0.2) is 22.5 Å². The van der Waals surface area contributed by atoms with E-state index in [-0.39, 0.29) is 55.3 Å². The van der Waals surface area contributed by atoms with Crippen LogP contribution < -0.4 is 28.2 Å². The van der Waals surface area contributed by atoms with E-state index in [0.29, 0.717) is 22.5 Å². The average Bonchev–Trinajstić information content (AvgIpc) is 3.93. The lowest BCUT2D eigenvalue weighted by Crippen LogP contribution is -2.20. The van der Waals surface area contributed by atoms with E-state index >= 15 is 0 Å². The van der Waals surface area contributed by atoms with E-state index in [9.17, 15) is 24.0 Å². The van der Waals surface area contributed by atoms with Gasteiger partial charge in [-0.25, -0.2) is 44.3 Å². The fraction of sp³-hybridized carbons (Fsp3) is 0.465. The number of hydrogen-bond donors (Lipinski definition) is 8. The second-order valence-electron chi connectivity index (χ2n) is 19.9. The lowest BCUT2D eigenvalue weighted by molar-refractivity contribution is 0.542. The molecular weight excluding hydrogens is 821 g/mol. The number of aromatic amines is 8. The molecule has 0 fully saturated rings. The fourth-order valence-electron chi connectivity index (χ4n) is 5.13. The second-order valence-corrected chi connectivity index (χ2v) is 19.9. The quantitative estimate of drug-likeness (QED) is 0.0999. The van der Waals surface area contributed by atoms with Crippen LogP contribution in [0.2, 0.25) is 0 Å². The van der Waals surface area contributed by atoms with Gasteiger partial charge in [-0.1, -0.05) is 104 Å². The molecule has 8 rings (SSSR count). The van der Waals surface area contributed by atoms with Gasteiger partial charge in [-0.05, 0) is 6.07 Å². The molecule has 0 aliphatic heterocycles. The van der Waals surface area contributed by atoms with Crippen molar-refractivity contribution < 1.29 is 0 Å². The number of hydrogen-bond acceptors (Lipinski definition) is 13. The Morgan fingerprint density at radius 3 is 1.27 bits per heavy atom. The molecule has 8 heterocycles. The maximum atomic E-state index is 11.4. The third kappa shape index (κ3) is 13.9. The summed E-state index contributed by atoms with van der Waals surface area (Å²) in [6.07, 6.45) is 7.41. The molecule has 0 unspecified atom stereocenters. The maximum Gasteiger partial charge on any atom is 0.346 e. The Labute approximate surface area is 367 Å². The Bertz CT molecular complexity index is 2950. The van der Waals surface area contributed by atoms with E-state index in [1.165, 1.54) is 37.2 Å². The summed E-state index contributed by atoms with van der Waals surface area (Å²) in [5.74, 6) is 3.19. The molecule has 21 nitrogen and oxygen atoms in total. The van der Waals surface area contributed by atoms with Crippen molar-refractivity contribution >= 4 is 33.5 Å². The third-order valence-electron chi connectivity index (χ3n) is 8.83. The van der Waals surface area contributed by atoms with Crippen molar-refractivity contribution in [1.29, 1.82) is 0 Å². The number of nitrogens with zero attached hydrogens (tertiary/aromatic N) is 8. The predicted molar refractivity (Wildman–Crippen MR) is 247 cm³/mol. The van der Waals surface area contributed by atoms with Crippen LogP contribution in [-0.2, 0) is 27.1 Å². The molecule has 0 saturated carbocycles. The first-order valence-corrected chi connectivity index (χ1v) is 20.4. The molecule has 0 amide bonds. The van der Waals surface area contributed by atoms with Crippen LogP contribution in [0.15, 0.2) is 67.2 Å². The van der Waals surface area contributed by atoms with Crippen LogP contribution in [0.3, 0.4) is 0 Å². The van der Waals surface area contributed by atoms with E-state index in [1.807, 2.05) is 68.4 Å². The monoisotopic (exact) mass is 880 g/mol. The SMILES string of the molecule is CC(C)(C)c1ccnc(=O)[nH]1.CC(C)(C)c1nc2[nH]c(=O)ncc2[nH]1.CC(C)(C)c1nc2[nH]c(=O)ncc2[nH]1.CC(C)(C)c1nc2nc[nH]c(=O)c2[nH]1.CC(C)(C)c1nccc(=O)[nH]1. The zero-order valence-electron chi connectivity index (χ0n) is 39.2. The third-order valence-corrected chi connectivity index (χ3v) is 8.83. The number of H-pyrrole nitrogens is 8. The van der Waals surface area contributed by atoms with Gasteiger partial charge < -0.3 is 29.9 Å². The Morgan fingerprint density at radius 1 is 0.422 bits per heavy atom. The van der Waals surface area contributed by atoms with Crippen LogP contribution in [0.5, 0.6) is 0 Å². The van der Waals surface area contributed by atoms with Gasteiger partial charge in [0, 0.05) is 51.2 Å². The molecule has 0 aliphatic rings. The van der Waals surface area contributed by atoms with Crippen molar-refractivity contribution in [2.75, 3.05) is 0 Å². The summed E-state index contributed by atoms with van der Waals surface area (Å²) in [6.45, 7) is 30.5. The van der Waals surface area contributed by atoms with Crippen LogP contribution in [0.25, 0.3) is 33.5 Å². The van der Waals surface area contributed by atoms with Crippen molar-refractivity contribution in [2.45, 2.75) is 131 Å². The van der Waals surface area contributed by atoms with Gasteiger partial charge in [0.25, 0.3) is 11.1 Å². The Hall–Kier alpha value is -7.19. The van der Waals surface area contributed by atoms with Gasteiger partial charge in [0.1, 0.15) is 34.3 Å². The molecule has 8 N–H and O–H groups in total. The normalized spacial score (nSPS) is 12.0. The summed E-state index contributed by atoms with van der Waals surface area (Å²) in [4.78, 5) is 109. The lowest BCUT2D eigenvalue weighted by atomic mass is 9.92. The molecule has 0 spiro atoms. The summed E-state index contributed by atoms with van der Waals surface area (Å²) >= 11 is 0. The summed E-state index contributed by atoms with van der Waals surface area (Å²) in [7, 11) is 0. The Balaban J connectivity index is 0.000000176. The van der Waals surface area contributed by atoms with Crippen molar-refractivity contribution in [2.24, 2.45) is 0 Å². The number of fused-ring (bicyclic) bond motifs is 3. The van der Waals surface area contributed by atoms with Crippen molar-refractivity contribution in [3.63, 3.8) is 0 Å². The van der Waals surface area contributed by atoms with Crippen molar-refractivity contribution in [3.8, 4) is 0 Å². The van der Waals surface area contributed by atoms with E-state index in [4.69, 9.17) is 0 Å². The zero-order chi connectivity index (χ0) is 48.0. The molecule has 8 aromatic rings. The fourth-order valence-corrected chi connectivity index (χ4v) is 5.13. The summed E-state index contributed by atoms with van der Waals surface area (Å²) in [5, 5.41) is 0. The highest BCUT2D eigenvalue weighted by atomic mass is 16.2. The highest BCUT2D eigenvalue weighted by Crippen LogP contribution is 2.22. The molecule has 0 atom stereocenters. The van der Waals surface area contributed by atoms with E-state index in [2.05, 4.69) is 121 Å². The molecule has 64 heavy (non-hydrogen) atoms. The first-order valence-electron chi connectivity index (χ1n) is 20.4. The van der Waals surface area contributed by atoms with Crippen LogP contribution >= 0.6 is 0 Å². The largest absolute Gasteiger partial charge is 0.346 e. The minimum Gasteiger partial charge on any atom is -0.339 e. The minimum atomic E-state index is -0.371. The van der Waals surface area contributed by atoms with Gasteiger partial charge in [-0.3, -0.25) is 19.6 Å². The second kappa shape index (κ2) is 19.1. The van der Waals surface area contributed by atoms with Crippen molar-refractivity contribution in [1.82, 2.24) is 79.7 Å². The molecule has 21 heteroatoms. The predicted octanol–water partition coefficient (Wildman–Crippen LogP) is 4.97. The lowest BCUT2D eigenvalue weighted by Gasteiger charge is -2.17. The number of rotatable bonds is 0. The van der Waals surface area contributed by atoms with E-state index in [0.717, 1.165) is 40.0 Å². The summed E-state index contributed by atoms with van der Waals surface area (Å²) < 4.78 is 0. The van der Waals surface area contributed by atoms with Gasteiger partial charge in [0.2, 0.25) is 0 Å². The topological polar surface area (TPSA) is 315 Å². The number of nitrogens with one attached hydrogen (secondary N) is 8. The summed E-state index contributed by atoms with van der Waals surface area (Å²) in [6, 6.07) is 3.23. The van der Waals surface area contributed by atoms with Crippen LogP contribution in [0.4, 0.5) is 0 Å². The number of aromatic nitrogens is 16. The van der Waals surface area contributed by atoms with Gasteiger partial charge >= 0.3 is 17.1 Å². The number of imidazole rings is 3. The van der Waals surface area contributed by atoms with E-state index in [1.54, 1.807) is 0 Å². The van der Waals surface area contributed by atoms with Crippen LogP contribution in [-0.4, -0.2) is 79.7 Å². The molecule has 0 aliphatic carbocycles. The molecule has 8 aromatic heterocycles. The van der Waals surface area contributed by atoms with Gasteiger partial charge in [-0.15, -0.1) is 0 Å². The Kier molecular flexibility index (Phi) is 14.7. The molecule has 342 valence electrons. The molecular formula is C43H60N16O5. The van der Waals surface area contributed by atoms with Gasteiger partial charge in [-0.2, -0.15) is 9.97 Å². The van der Waals surface area contributed by atoms with Gasteiger partial charge in [0.05, 0.1) is 18.7 Å². The molecule has 0 radical (unpaired) electrons. The zero-order valence-corrected chi connectivity index (χ0v) is 39.2. The first kappa shape index (κ1) is 49.5. The minimum absolute atomic E-state index is 0.0118. The first-order chi connectivity index (χ1) is 29.4. The smallest absolute Gasteiger partial charge is 0.339 e. The molecule has 0 bridgehead atoms. The Morgan fingerprint density at radius 2 is 0.875 bits per heavy atom. The van der Waals surface area contributed by atoms with Crippen LogP contribution in [0.1, 0.15) is 133 Å². The average molecular weight is 881 g/mol. The maximum absolute atomic E-state index is 11.4. The highest BCUT2D eigenvalue weighted by Gasteiger charge is 2.21. The standard InChI is InChI=1S/3C9H12N4O.2C8H12N2O/c1-9(2,3)8-12-5-6(13-8)10-4-11-7(5)14;2*1-9(2,3)7-11-5-4-10-8(14)13-6(5)12-7;1-8(2,3)7-9-5-4-6(11)10-7;1-8(2,3)6-4-5-9-7(11)10-6/h3*4H,1-3H3,(H2,10,11,12,13,14);2*4-5H,1-3H3,(H,9,10,11). The summed E-state index contributed by atoms with van der Waals surface area (Å²) in [5.41, 5.74) is 2.86. The molecule has 0 aromatic carbocycles. The van der Waals surface area contributed by atoms with Crippen LogP contribution in [0, 0.1) is 0 Å². The van der Waals surface area contributed by atoms with Crippen molar-refractivity contribution in [3.05, 3.63) is 124 Å². The molecule has 0 saturated heterocycles.